The number of benzene rings is 2. The number of hydrogen-bond donors (Lipinski definition) is 1. The highest BCUT2D eigenvalue weighted by Crippen LogP contribution is 2.26. The second-order valence-corrected chi connectivity index (χ2v) is 5.58. The monoisotopic (exact) mass is 279 g/mol. The molecule has 1 atom stereocenters. The Hall–Kier alpha value is -2.06. The van der Waals surface area contributed by atoms with E-state index in [4.69, 9.17) is 10.2 Å². The summed E-state index contributed by atoms with van der Waals surface area (Å²) in [6, 6.07) is 19.0. The summed E-state index contributed by atoms with van der Waals surface area (Å²) >= 11 is 0. The van der Waals surface area contributed by atoms with Crippen molar-refractivity contribution in [3.05, 3.63) is 71.5 Å². The average molecular weight is 279 g/mol. The van der Waals surface area contributed by atoms with Gasteiger partial charge in [0.15, 0.2) is 0 Å². The Kier molecular flexibility index (Phi) is 4.07. The van der Waals surface area contributed by atoms with E-state index in [0.717, 1.165) is 36.0 Å². The van der Waals surface area contributed by atoms with E-state index in [1.165, 1.54) is 11.1 Å². The molecule has 0 aliphatic heterocycles. The third kappa shape index (κ3) is 3.17. The Balaban J connectivity index is 1.86. The summed E-state index contributed by atoms with van der Waals surface area (Å²) in [6.45, 7) is 2.14. The molecule has 3 rings (SSSR count). The van der Waals surface area contributed by atoms with Gasteiger partial charge < -0.3 is 10.2 Å². The molecule has 0 aliphatic rings. The molecule has 3 aromatic rings. The van der Waals surface area contributed by atoms with E-state index in [0.29, 0.717) is 0 Å². The quantitative estimate of drug-likeness (QED) is 0.727. The first-order valence-electron chi connectivity index (χ1n) is 7.58. The standard InChI is InChI=1S/C19H21NO/c1-2-6-17(20)19-13-16-12-15(9-10-18(16)21-19)11-14-7-4-3-5-8-14/h3-5,7-10,12-13,17H,2,6,11,20H2,1H3. The van der Waals surface area contributed by atoms with Crippen LogP contribution >= 0.6 is 0 Å². The maximum Gasteiger partial charge on any atom is 0.134 e. The summed E-state index contributed by atoms with van der Waals surface area (Å²) in [4.78, 5) is 0. The van der Waals surface area contributed by atoms with Crippen molar-refractivity contribution >= 4 is 11.0 Å². The lowest BCUT2D eigenvalue weighted by molar-refractivity contribution is 0.475. The molecule has 0 saturated carbocycles. The fraction of sp³-hybridized carbons (Fsp3) is 0.263. The zero-order valence-corrected chi connectivity index (χ0v) is 12.4. The minimum absolute atomic E-state index is 0.0000247. The van der Waals surface area contributed by atoms with Gasteiger partial charge in [-0.1, -0.05) is 49.7 Å². The number of nitrogens with two attached hydrogens (primary N) is 1. The predicted molar refractivity (Wildman–Crippen MR) is 87.3 cm³/mol. The second kappa shape index (κ2) is 6.15. The van der Waals surface area contributed by atoms with Gasteiger partial charge in [-0.2, -0.15) is 0 Å². The predicted octanol–water partition coefficient (Wildman–Crippen LogP) is 4.82. The zero-order valence-electron chi connectivity index (χ0n) is 12.4. The molecule has 1 heterocycles. The number of rotatable bonds is 5. The van der Waals surface area contributed by atoms with Crippen molar-refractivity contribution in [3.63, 3.8) is 0 Å². The van der Waals surface area contributed by atoms with Crippen LogP contribution in [0, 0.1) is 0 Å². The SMILES string of the molecule is CCCC(N)c1cc2cc(Cc3ccccc3)ccc2o1. The first-order chi connectivity index (χ1) is 10.3. The Bertz CT molecular complexity index is 715. The van der Waals surface area contributed by atoms with Gasteiger partial charge in [0.2, 0.25) is 0 Å². The van der Waals surface area contributed by atoms with Crippen molar-refractivity contribution in [1.29, 1.82) is 0 Å². The van der Waals surface area contributed by atoms with E-state index in [1.807, 2.05) is 6.07 Å². The fourth-order valence-corrected chi connectivity index (χ4v) is 2.69. The fourth-order valence-electron chi connectivity index (χ4n) is 2.69. The van der Waals surface area contributed by atoms with Crippen molar-refractivity contribution in [2.45, 2.75) is 32.2 Å². The van der Waals surface area contributed by atoms with Crippen molar-refractivity contribution in [2.24, 2.45) is 5.73 Å². The molecule has 2 heteroatoms. The van der Waals surface area contributed by atoms with E-state index in [9.17, 15) is 0 Å². The number of fused-ring (bicyclic) bond motifs is 1. The lowest BCUT2D eigenvalue weighted by atomic mass is 10.0. The van der Waals surface area contributed by atoms with Gasteiger partial charge in [0.25, 0.3) is 0 Å². The van der Waals surface area contributed by atoms with Crippen molar-refractivity contribution in [3.8, 4) is 0 Å². The molecule has 0 bridgehead atoms. The van der Waals surface area contributed by atoms with Crippen molar-refractivity contribution < 1.29 is 4.42 Å². The van der Waals surface area contributed by atoms with Gasteiger partial charge in [-0.3, -0.25) is 0 Å². The molecule has 0 aliphatic carbocycles. The molecule has 2 aromatic carbocycles. The first kappa shape index (κ1) is 13.9. The lowest BCUT2D eigenvalue weighted by Crippen LogP contribution is -2.08. The van der Waals surface area contributed by atoms with Gasteiger partial charge >= 0.3 is 0 Å². The molecule has 1 aromatic heterocycles. The van der Waals surface area contributed by atoms with E-state index in [2.05, 4.69) is 55.5 Å². The molecule has 21 heavy (non-hydrogen) atoms. The van der Waals surface area contributed by atoms with Crippen LogP contribution in [0.1, 0.15) is 42.7 Å². The third-order valence-corrected chi connectivity index (χ3v) is 3.82. The summed E-state index contributed by atoms with van der Waals surface area (Å²) in [5.41, 5.74) is 9.68. The molecule has 1 unspecified atom stereocenters. The number of hydrogen-bond acceptors (Lipinski definition) is 2. The van der Waals surface area contributed by atoms with Crippen LogP contribution in [-0.4, -0.2) is 0 Å². The van der Waals surface area contributed by atoms with Crippen LogP contribution in [0.2, 0.25) is 0 Å². The number of furan rings is 1. The zero-order chi connectivity index (χ0) is 14.7. The Labute approximate surface area is 125 Å². The highest BCUT2D eigenvalue weighted by atomic mass is 16.3. The normalized spacial score (nSPS) is 12.7. The third-order valence-electron chi connectivity index (χ3n) is 3.82. The minimum Gasteiger partial charge on any atom is -0.459 e. The van der Waals surface area contributed by atoms with E-state index in [1.54, 1.807) is 0 Å². The molecule has 0 saturated heterocycles. The van der Waals surface area contributed by atoms with Crippen LogP contribution in [0.3, 0.4) is 0 Å². The summed E-state index contributed by atoms with van der Waals surface area (Å²) in [5.74, 6) is 0.892. The van der Waals surface area contributed by atoms with Crippen molar-refractivity contribution in [1.82, 2.24) is 0 Å². The highest BCUT2D eigenvalue weighted by Gasteiger charge is 2.11. The maximum atomic E-state index is 6.14. The Morgan fingerprint density at radius 3 is 2.57 bits per heavy atom. The van der Waals surface area contributed by atoms with E-state index < -0.39 is 0 Å². The first-order valence-corrected chi connectivity index (χ1v) is 7.58. The average Bonchev–Trinajstić information content (AvgIpc) is 2.92. The maximum absolute atomic E-state index is 6.14. The van der Waals surface area contributed by atoms with E-state index in [-0.39, 0.29) is 6.04 Å². The summed E-state index contributed by atoms with van der Waals surface area (Å²) in [5, 5.41) is 1.14. The second-order valence-electron chi connectivity index (χ2n) is 5.58. The summed E-state index contributed by atoms with van der Waals surface area (Å²) in [7, 11) is 0. The van der Waals surface area contributed by atoms with Crippen LogP contribution in [0.4, 0.5) is 0 Å². The summed E-state index contributed by atoms with van der Waals surface area (Å²) in [6.07, 6.45) is 2.96. The molecule has 0 amide bonds. The van der Waals surface area contributed by atoms with Crippen molar-refractivity contribution in [2.75, 3.05) is 0 Å². The lowest BCUT2D eigenvalue weighted by Gasteiger charge is -2.04. The molecular formula is C19H21NO. The van der Waals surface area contributed by atoms with Crippen LogP contribution in [0.15, 0.2) is 59.0 Å². The molecule has 2 N–H and O–H groups in total. The van der Waals surface area contributed by atoms with Crippen LogP contribution in [-0.2, 0) is 6.42 Å². The van der Waals surface area contributed by atoms with Crippen LogP contribution in [0.25, 0.3) is 11.0 Å². The van der Waals surface area contributed by atoms with E-state index >= 15 is 0 Å². The minimum atomic E-state index is -0.0000247. The van der Waals surface area contributed by atoms with Gasteiger partial charge in [0.1, 0.15) is 11.3 Å². The van der Waals surface area contributed by atoms with Crippen LogP contribution < -0.4 is 5.73 Å². The molecule has 0 fully saturated rings. The van der Waals surface area contributed by atoms with Gasteiger partial charge in [-0.15, -0.1) is 0 Å². The smallest absolute Gasteiger partial charge is 0.134 e. The Morgan fingerprint density at radius 1 is 1.00 bits per heavy atom. The van der Waals surface area contributed by atoms with Gasteiger partial charge in [-0.25, -0.2) is 0 Å². The summed E-state index contributed by atoms with van der Waals surface area (Å²) < 4.78 is 5.86. The van der Waals surface area contributed by atoms with Gasteiger partial charge in [0, 0.05) is 5.39 Å². The molecule has 0 radical (unpaired) electrons. The topological polar surface area (TPSA) is 39.2 Å². The molecule has 0 spiro atoms. The van der Waals surface area contributed by atoms with Gasteiger partial charge in [-0.05, 0) is 42.2 Å². The van der Waals surface area contributed by atoms with Gasteiger partial charge in [0.05, 0.1) is 6.04 Å². The molecule has 2 nitrogen and oxygen atoms in total. The molecule has 108 valence electrons. The van der Waals surface area contributed by atoms with Crippen LogP contribution in [0.5, 0.6) is 0 Å². The molecular weight excluding hydrogens is 258 g/mol. The largest absolute Gasteiger partial charge is 0.459 e. The Morgan fingerprint density at radius 2 is 1.81 bits per heavy atom. The highest BCUT2D eigenvalue weighted by molar-refractivity contribution is 5.79.